The first-order chi connectivity index (χ1) is 11.8. The Morgan fingerprint density at radius 2 is 2.00 bits per heavy atom. The molecule has 0 radical (unpaired) electrons. The number of furan rings is 1. The van der Waals surface area contributed by atoms with Crippen LogP contribution in [-0.2, 0) is 13.1 Å². The van der Waals surface area contributed by atoms with E-state index in [4.69, 9.17) is 4.42 Å². The lowest BCUT2D eigenvalue weighted by Crippen LogP contribution is -2.36. The molecule has 2 heterocycles. The summed E-state index contributed by atoms with van der Waals surface area (Å²) in [6, 6.07) is 13.8. The van der Waals surface area contributed by atoms with E-state index in [2.05, 4.69) is 22.1 Å². The van der Waals surface area contributed by atoms with Crippen molar-refractivity contribution in [2.45, 2.75) is 32.5 Å². The Morgan fingerprint density at radius 1 is 1.17 bits per heavy atom. The number of benzene rings is 1. The Bertz CT molecular complexity index is 721. The lowest BCUT2D eigenvalue weighted by atomic mass is 10.2. The van der Waals surface area contributed by atoms with E-state index in [0.29, 0.717) is 13.1 Å². The monoisotopic (exact) mass is 326 g/mol. The molecule has 0 saturated carbocycles. The first-order valence-electron chi connectivity index (χ1n) is 8.14. The summed E-state index contributed by atoms with van der Waals surface area (Å²) in [6.45, 7) is 3.40. The first kappa shape index (κ1) is 16.4. The van der Waals surface area contributed by atoms with Gasteiger partial charge in [-0.05, 0) is 30.7 Å². The van der Waals surface area contributed by atoms with Gasteiger partial charge >= 0.3 is 0 Å². The average molecular weight is 326 g/mol. The Morgan fingerprint density at radius 3 is 2.67 bits per heavy atom. The van der Waals surface area contributed by atoms with Crippen LogP contribution in [0.25, 0.3) is 5.69 Å². The molecule has 0 bridgehead atoms. The fourth-order valence-electron chi connectivity index (χ4n) is 2.71. The summed E-state index contributed by atoms with van der Waals surface area (Å²) in [5.41, 5.74) is 1.83. The minimum absolute atomic E-state index is 0.0528. The average Bonchev–Trinajstić information content (AvgIpc) is 3.29. The number of hydrogen-bond donors (Lipinski definition) is 1. The van der Waals surface area contributed by atoms with Gasteiger partial charge in [-0.15, -0.1) is 5.10 Å². The highest BCUT2D eigenvalue weighted by Gasteiger charge is 2.19. The molecule has 1 atom stereocenters. The highest BCUT2D eigenvalue weighted by molar-refractivity contribution is 5.29. The lowest BCUT2D eigenvalue weighted by molar-refractivity contribution is 0.0987. The molecule has 3 rings (SSSR count). The molecule has 0 aliphatic heterocycles. The van der Waals surface area contributed by atoms with Crippen molar-refractivity contribution >= 4 is 0 Å². The molecule has 0 amide bonds. The topological polar surface area (TPSA) is 67.3 Å². The second-order valence-corrected chi connectivity index (χ2v) is 5.72. The molecule has 0 aliphatic rings. The summed E-state index contributed by atoms with van der Waals surface area (Å²) in [4.78, 5) is 2.16. The van der Waals surface area contributed by atoms with Crippen LogP contribution in [0.4, 0.5) is 0 Å². The summed E-state index contributed by atoms with van der Waals surface area (Å²) < 4.78 is 7.22. The molecule has 3 aromatic rings. The van der Waals surface area contributed by atoms with Crippen molar-refractivity contribution in [3.8, 4) is 5.69 Å². The van der Waals surface area contributed by atoms with Gasteiger partial charge < -0.3 is 9.52 Å². The SMILES string of the molecule is CCC(CO)N(Cc1cn(-c2ccccc2)nn1)Cc1ccco1. The van der Waals surface area contributed by atoms with Crippen molar-refractivity contribution in [3.63, 3.8) is 0 Å². The summed E-state index contributed by atoms with van der Waals surface area (Å²) >= 11 is 0. The van der Waals surface area contributed by atoms with Crippen LogP contribution in [0.2, 0.25) is 0 Å². The van der Waals surface area contributed by atoms with E-state index in [1.54, 1.807) is 10.9 Å². The fraction of sp³-hybridized carbons (Fsp3) is 0.333. The summed E-state index contributed by atoms with van der Waals surface area (Å²) in [7, 11) is 0. The van der Waals surface area contributed by atoms with Crippen LogP contribution in [0.3, 0.4) is 0 Å². The molecule has 6 heteroatoms. The fourth-order valence-corrected chi connectivity index (χ4v) is 2.71. The maximum atomic E-state index is 9.67. The van der Waals surface area contributed by atoms with E-state index < -0.39 is 0 Å². The molecule has 1 unspecified atom stereocenters. The number of rotatable bonds is 8. The van der Waals surface area contributed by atoms with Gasteiger partial charge in [-0.1, -0.05) is 30.3 Å². The predicted octanol–water partition coefficient (Wildman–Crippen LogP) is 2.63. The zero-order chi connectivity index (χ0) is 16.8. The second-order valence-electron chi connectivity index (χ2n) is 5.72. The van der Waals surface area contributed by atoms with Crippen LogP contribution in [0, 0.1) is 0 Å². The summed E-state index contributed by atoms with van der Waals surface area (Å²) in [5, 5.41) is 18.1. The van der Waals surface area contributed by atoms with E-state index in [0.717, 1.165) is 23.6 Å². The molecule has 1 N–H and O–H groups in total. The zero-order valence-electron chi connectivity index (χ0n) is 13.7. The van der Waals surface area contributed by atoms with Crippen LogP contribution >= 0.6 is 0 Å². The predicted molar refractivity (Wildman–Crippen MR) is 90.5 cm³/mol. The van der Waals surface area contributed by atoms with E-state index in [-0.39, 0.29) is 12.6 Å². The Kier molecular flexibility index (Phi) is 5.40. The third kappa shape index (κ3) is 3.90. The van der Waals surface area contributed by atoms with E-state index in [1.807, 2.05) is 48.7 Å². The number of hydrogen-bond acceptors (Lipinski definition) is 5. The van der Waals surface area contributed by atoms with Crippen molar-refractivity contribution in [2.24, 2.45) is 0 Å². The normalized spacial score (nSPS) is 12.6. The molecule has 0 aliphatic carbocycles. The largest absolute Gasteiger partial charge is 0.468 e. The molecule has 0 saturated heterocycles. The van der Waals surface area contributed by atoms with Gasteiger partial charge in [0, 0.05) is 12.6 Å². The maximum absolute atomic E-state index is 9.67. The molecule has 0 fully saturated rings. The van der Waals surface area contributed by atoms with Gasteiger partial charge in [0.25, 0.3) is 0 Å². The zero-order valence-corrected chi connectivity index (χ0v) is 13.7. The van der Waals surface area contributed by atoms with E-state index in [9.17, 15) is 5.11 Å². The van der Waals surface area contributed by atoms with Gasteiger partial charge in [0.05, 0.1) is 37.0 Å². The lowest BCUT2D eigenvalue weighted by Gasteiger charge is -2.28. The Labute approximate surface area is 141 Å². The van der Waals surface area contributed by atoms with E-state index >= 15 is 0 Å². The molecule has 2 aromatic heterocycles. The van der Waals surface area contributed by atoms with Gasteiger partial charge in [-0.2, -0.15) is 0 Å². The Balaban J connectivity index is 1.76. The number of para-hydroxylation sites is 1. The molecule has 126 valence electrons. The number of aliphatic hydroxyl groups is 1. The quantitative estimate of drug-likeness (QED) is 0.689. The van der Waals surface area contributed by atoms with Gasteiger partial charge in [-0.25, -0.2) is 4.68 Å². The third-order valence-corrected chi connectivity index (χ3v) is 4.06. The minimum Gasteiger partial charge on any atom is -0.468 e. The van der Waals surface area contributed by atoms with Crippen molar-refractivity contribution in [1.82, 2.24) is 19.9 Å². The number of aromatic nitrogens is 3. The standard InChI is InChI=1S/C18H22N4O2/c1-2-16(14-23)21(13-18-9-6-10-24-18)11-15-12-22(20-19-15)17-7-4-3-5-8-17/h3-10,12,16,23H,2,11,13-14H2,1H3. The van der Waals surface area contributed by atoms with Gasteiger partial charge in [-0.3, -0.25) is 4.90 Å². The Hall–Kier alpha value is -2.44. The highest BCUT2D eigenvalue weighted by atomic mass is 16.3. The molecule has 24 heavy (non-hydrogen) atoms. The third-order valence-electron chi connectivity index (χ3n) is 4.06. The van der Waals surface area contributed by atoms with Crippen LogP contribution in [0.15, 0.2) is 59.3 Å². The number of nitrogens with zero attached hydrogens (tertiary/aromatic N) is 4. The molecule has 6 nitrogen and oxygen atoms in total. The smallest absolute Gasteiger partial charge is 0.117 e. The first-order valence-corrected chi connectivity index (χ1v) is 8.14. The van der Waals surface area contributed by atoms with Crippen molar-refractivity contribution in [1.29, 1.82) is 0 Å². The maximum Gasteiger partial charge on any atom is 0.117 e. The van der Waals surface area contributed by atoms with Gasteiger partial charge in [0.1, 0.15) is 5.76 Å². The van der Waals surface area contributed by atoms with E-state index in [1.165, 1.54) is 0 Å². The van der Waals surface area contributed by atoms with Crippen LogP contribution in [0.1, 0.15) is 24.8 Å². The highest BCUT2D eigenvalue weighted by Crippen LogP contribution is 2.15. The molecule has 1 aromatic carbocycles. The van der Waals surface area contributed by atoms with Gasteiger partial charge in [0.15, 0.2) is 0 Å². The van der Waals surface area contributed by atoms with Crippen LogP contribution in [-0.4, -0.2) is 37.6 Å². The summed E-state index contributed by atoms with van der Waals surface area (Å²) in [6.07, 6.45) is 4.44. The second kappa shape index (κ2) is 7.90. The molecular weight excluding hydrogens is 304 g/mol. The van der Waals surface area contributed by atoms with Crippen LogP contribution < -0.4 is 0 Å². The molecular formula is C18H22N4O2. The van der Waals surface area contributed by atoms with Crippen molar-refractivity contribution in [3.05, 3.63) is 66.4 Å². The minimum atomic E-state index is 0.0528. The van der Waals surface area contributed by atoms with Crippen molar-refractivity contribution in [2.75, 3.05) is 6.61 Å². The van der Waals surface area contributed by atoms with Crippen LogP contribution in [0.5, 0.6) is 0 Å². The number of aliphatic hydroxyl groups excluding tert-OH is 1. The summed E-state index contributed by atoms with van der Waals surface area (Å²) in [5.74, 6) is 0.873. The van der Waals surface area contributed by atoms with Crippen molar-refractivity contribution < 1.29 is 9.52 Å². The molecule has 0 spiro atoms. The van der Waals surface area contributed by atoms with Gasteiger partial charge in [0.2, 0.25) is 0 Å².